The van der Waals surface area contributed by atoms with Gasteiger partial charge in [-0.1, -0.05) is 45.4 Å². The molecule has 0 bridgehead atoms. The van der Waals surface area contributed by atoms with Crippen molar-refractivity contribution >= 4 is 16.4 Å². The molecule has 9 heteroatoms. The van der Waals surface area contributed by atoms with Crippen LogP contribution < -0.4 is 59.1 Å². The van der Waals surface area contributed by atoms with Gasteiger partial charge >= 0.3 is 65.1 Å². The van der Waals surface area contributed by atoms with Gasteiger partial charge in [-0.3, -0.25) is 13.2 Å². The molecule has 0 unspecified atom stereocenters. The van der Waals surface area contributed by atoms with Crippen molar-refractivity contribution < 1.29 is 86.2 Å². The second-order valence-corrected chi connectivity index (χ2v) is 4.90. The molecule has 0 spiro atoms. The minimum absolute atomic E-state index is 0. The Balaban J connectivity index is -0.000000179. The fraction of sp³-hybridized carbons (Fsp3) is 0.917. The predicted octanol–water partition coefficient (Wildman–Crippen LogP) is -3.64. The van der Waals surface area contributed by atoms with Crippen molar-refractivity contribution in [2.45, 2.75) is 65.2 Å². The fourth-order valence-corrected chi connectivity index (χ4v) is 1.46. The number of unbranched alkanes of at least 4 members (excludes halogenated alkanes) is 6. The Morgan fingerprint density at radius 2 is 1.29 bits per heavy atom. The zero-order valence-electron chi connectivity index (χ0n) is 13.7. The van der Waals surface area contributed by atoms with Crippen LogP contribution in [0.4, 0.5) is 0 Å². The quantitative estimate of drug-likeness (QED) is 0.141. The van der Waals surface area contributed by atoms with Gasteiger partial charge in [0, 0.05) is 16.8 Å². The third-order valence-electron chi connectivity index (χ3n) is 2.29. The van der Waals surface area contributed by atoms with Gasteiger partial charge in [-0.2, -0.15) is 0 Å². The van der Waals surface area contributed by atoms with Crippen LogP contribution >= 0.6 is 0 Å². The van der Waals surface area contributed by atoms with E-state index in [-0.39, 0.29) is 65.1 Å². The van der Waals surface area contributed by atoms with E-state index in [1.807, 2.05) is 6.92 Å². The van der Waals surface area contributed by atoms with Gasteiger partial charge in [-0.05, 0) is 13.3 Å². The summed E-state index contributed by atoms with van der Waals surface area (Å²) in [5, 5.41) is 0. The zero-order chi connectivity index (χ0) is 15.1. The number of hydrogen-bond acceptors (Lipinski definition) is 6. The predicted molar refractivity (Wildman–Crippen MR) is 69.7 cm³/mol. The van der Waals surface area contributed by atoms with Crippen molar-refractivity contribution in [3.8, 4) is 0 Å². The summed E-state index contributed by atoms with van der Waals surface area (Å²) < 4.78 is 38.9. The monoisotopic (exact) mass is 342 g/mol. The number of rotatable bonds is 9. The Hall–Kier alpha value is 1.34. The van der Waals surface area contributed by atoms with E-state index in [1.54, 1.807) is 0 Å². The molecule has 0 aromatic rings. The second kappa shape index (κ2) is 21.3. The van der Waals surface area contributed by atoms with Gasteiger partial charge in [-0.25, -0.2) is 0 Å². The van der Waals surface area contributed by atoms with Crippen molar-refractivity contribution in [2.24, 2.45) is 0 Å². The molecule has 0 amide bonds. The third-order valence-corrected chi connectivity index (χ3v) is 2.29. The second-order valence-electron chi connectivity index (χ2n) is 4.08. The number of carbonyl (C=O) groups excluding carboxylic acids is 1. The Bertz CT molecular complexity index is 301. The molecule has 0 aromatic heterocycles. The molecule has 0 saturated carbocycles. The summed E-state index contributed by atoms with van der Waals surface area (Å²) in [6.07, 6.45) is 9.32. The number of ether oxygens (including phenoxy) is 1. The summed E-state index contributed by atoms with van der Waals surface area (Å²) in [5.74, 6) is -0.0407. The summed E-state index contributed by atoms with van der Waals surface area (Å²) in [4.78, 5) is 11.0. The van der Waals surface area contributed by atoms with Crippen LogP contribution in [-0.2, 0) is 19.9 Å². The molecule has 6 nitrogen and oxygen atoms in total. The van der Waals surface area contributed by atoms with E-state index in [4.69, 9.17) is 22.3 Å². The molecule has 21 heavy (non-hydrogen) atoms. The molecule has 116 valence electrons. The van der Waals surface area contributed by atoms with Gasteiger partial charge < -0.3 is 13.8 Å². The van der Waals surface area contributed by atoms with E-state index >= 15 is 0 Å². The normalized spacial score (nSPS) is 9.52. The minimum atomic E-state index is -5.17. The summed E-state index contributed by atoms with van der Waals surface area (Å²) in [5.41, 5.74) is 0. The third kappa shape index (κ3) is 44.9. The fourth-order valence-electron chi connectivity index (χ4n) is 1.46. The molecule has 0 saturated heterocycles. The molecule has 0 fully saturated rings. The minimum Gasteiger partial charge on any atom is -0.759 e. The number of carbonyl (C=O) groups is 1. The van der Waals surface area contributed by atoms with Crippen molar-refractivity contribution in [3.05, 3.63) is 0 Å². The summed E-state index contributed by atoms with van der Waals surface area (Å²) in [6.45, 7) is 4.58. The van der Waals surface area contributed by atoms with Crippen LogP contribution in [0.25, 0.3) is 0 Å². The van der Waals surface area contributed by atoms with Crippen LogP contribution in [0.1, 0.15) is 65.2 Å². The van der Waals surface area contributed by atoms with Gasteiger partial charge in [0.1, 0.15) is 0 Å². The molecule has 0 N–H and O–H groups in total. The maximum atomic E-state index is 11.0. The van der Waals surface area contributed by atoms with Crippen LogP contribution in [0.3, 0.4) is 0 Å². The van der Waals surface area contributed by atoms with E-state index in [9.17, 15) is 4.79 Å². The van der Waals surface area contributed by atoms with Gasteiger partial charge in [0.05, 0.1) is 6.61 Å². The molecule has 0 aliphatic rings. The molecule has 0 aliphatic carbocycles. The Morgan fingerprint density at radius 3 is 1.67 bits per heavy atom. The van der Waals surface area contributed by atoms with Crippen LogP contribution in [0.15, 0.2) is 0 Å². The SMILES string of the molecule is CCCCCCCCCC(=O)OCC.O=S(=O)([O-])[O-].[Na+].[Na+]. The van der Waals surface area contributed by atoms with E-state index < -0.39 is 10.4 Å². The van der Waals surface area contributed by atoms with Crippen molar-refractivity contribution in [2.75, 3.05) is 6.61 Å². The molecule has 0 radical (unpaired) electrons. The van der Waals surface area contributed by atoms with E-state index in [0.717, 1.165) is 6.42 Å². The Kier molecular flexibility index (Phi) is 30.7. The van der Waals surface area contributed by atoms with E-state index in [0.29, 0.717) is 13.0 Å². The average molecular weight is 342 g/mol. The number of hydrogen-bond donors (Lipinski definition) is 0. The zero-order valence-corrected chi connectivity index (χ0v) is 18.5. The van der Waals surface area contributed by atoms with Crippen LogP contribution in [-0.4, -0.2) is 30.1 Å². The van der Waals surface area contributed by atoms with Gasteiger partial charge in [0.15, 0.2) is 0 Å². The summed E-state index contributed by atoms with van der Waals surface area (Å²) >= 11 is 0. The van der Waals surface area contributed by atoms with Gasteiger partial charge in [-0.15, -0.1) is 0 Å². The molecular weight excluding hydrogens is 318 g/mol. The molecule has 0 heterocycles. The van der Waals surface area contributed by atoms with Gasteiger partial charge in [0.2, 0.25) is 0 Å². The Labute approximate surface area is 172 Å². The molecule has 0 rings (SSSR count). The van der Waals surface area contributed by atoms with Crippen molar-refractivity contribution in [1.29, 1.82) is 0 Å². The standard InChI is InChI=1S/C12H24O2.2Na.H2O4S/c1-3-5-6-7-8-9-10-11-12(13)14-4-2;;;1-5(2,3)4/h3-11H2,1-2H3;;;(H2,1,2,3,4)/q;2*+1;/p-2. The maximum absolute atomic E-state index is 11.0. The first-order chi connectivity index (χ1) is 8.81. The first kappa shape index (κ1) is 30.2. The molecule has 0 aromatic carbocycles. The largest absolute Gasteiger partial charge is 1.00 e. The van der Waals surface area contributed by atoms with Crippen LogP contribution in [0.5, 0.6) is 0 Å². The van der Waals surface area contributed by atoms with Crippen LogP contribution in [0, 0.1) is 0 Å². The molecule has 0 aliphatic heterocycles. The summed E-state index contributed by atoms with van der Waals surface area (Å²) in [7, 11) is -5.17. The topological polar surface area (TPSA) is 107 Å². The molecule has 0 atom stereocenters. The first-order valence-electron chi connectivity index (χ1n) is 6.63. The van der Waals surface area contributed by atoms with E-state index in [1.165, 1.54) is 38.5 Å². The molecular formula is C12H24Na2O6S. The Morgan fingerprint density at radius 1 is 0.905 bits per heavy atom. The van der Waals surface area contributed by atoms with Crippen molar-refractivity contribution in [3.63, 3.8) is 0 Å². The van der Waals surface area contributed by atoms with E-state index in [2.05, 4.69) is 6.92 Å². The summed E-state index contributed by atoms with van der Waals surface area (Å²) in [6, 6.07) is 0. The van der Waals surface area contributed by atoms with Crippen molar-refractivity contribution in [1.82, 2.24) is 0 Å². The van der Waals surface area contributed by atoms with Crippen LogP contribution in [0.2, 0.25) is 0 Å². The smallest absolute Gasteiger partial charge is 0.759 e. The maximum Gasteiger partial charge on any atom is 1.00 e. The van der Waals surface area contributed by atoms with Gasteiger partial charge in [0.25, 0.3) is 0 Å². The number of esters is 1. The first-order valence-corrected chi connectivity index (χ1v) is 7.96. The average Bonchev–Trinajstić information content (AvgIpc) is 2.26.